The second-order valence-corrected chi connectivity index (χ2v) is 5.74. The number of hydrogen-bond acceptors (Lipinski definition) is 6. The van der Waals surface area contributed by atoms with Gasteiger partial charge in [-0.05, 0) is 12.8 Å². The lowest BCUT2D eigenvalue weighted by molar-refractivity contribution is -0.148. The number of nitrogens with two attached hydrogens (primary N) is 1. The van der Waals surface area contributed by atoms with Gasteiger partial charge in [0.15, 0.2) is 6.04 Å². The average Bonchev–Trinajstić information content (AvgIpc) is 2.78. The van der Waals surface area contributed by atoms with E-state index in [9.17, 15) is 14.4 Å². The lowest BCUT2D eigenvalue weighted by Gasteiger charge is -2.22. The molecule has 132 valence electrons. The topological polar surface area (TPSA) is 128 Å². The van der Waals surface area contributed by atoms with Crippen molar-refractivity contribution in [1.82, 2.24) is 5.32 Å². The quantitative estimate of drug-likeness (QED) is 0.428. The molecular formula is C15H26N2O6. The molecule has 0 unspecified atom stereocenters. The van der Waals surface area contributed by atoms with Crippen LogP contribution in [0.1, 0.15) is 44.9 Å². The van der Waals surface area contributed by atoms with Crippen molar-refractivity contribution in [2.45, 2.75) is 63.1 Å². The normalized spacial score (nSPS) is 18.5. The zero-order valence-corrected chi connectivity index (χ0v) is 13.5. The van der Waals surface area contributed by atoms with E-state index >= 15 is 0 Å². The number of carbonyl (C=O) groups is 3. The van der Waals surface area contributed by atoms with Crippen molar-refractivity contribution in [3.63, 3.8) is 0 Å². The molecular weight excluding hydrogens is 304 g/mol. The maximum absolute atomic E-state index is 11.9. The Bertz CT molecular complexity index is 407. The maximum Gasteiger partial charge on any atom is 0.330 e. The summed E-state index contributed by atoms with van der Waals surface area (Å²) in [4.78, 5) is 34.2. The number of esters is 1. The van der Waals surface area contributed by atoms with Gasteiger partial charge in [-0.25, -0.2) is 4.79 Å². The van der Waals surface area contributed by atoms with Crippen LogP contribution in [0.15, 0.2) is 0 Å². The summed E-state index contributed by atoms with van der Waals surface area (Å²) >= 11 is 0. The molecule has 8 nitrogen and oxygen atoms in total. The third kappa shape index (κ3) is 7.43. The molecule has 8 heteroatoms. The van der Waals surface area contributed by atoms with Crippen LogP contribution in [-0.2, 0) is 23.9 Å². The number of hydrogen-bond donors (Lipinski definition) is 3. The van der Waals surface area contributed by atoms with Gasteiger partial charge in [0.1, 0.15) is 0 Å². The van der Waals surface area contributed by atoms with E-state index in [4.69, 9.17) is 15.6 Å². The number of methoxy groups -OCH3 is 1. The number of nitrogens with one attached hydrogen (secondary N) is 1. The molecule has 1 aliphatic carbocycles. The van der Waals surface area contributed by atoms with E-state index in [1.54, 1.807) is 0 Å². The zero-order chi connectivity index (χ0) is 17.2. The lowest BCUT2D eigenvalue weighted by atomic mass is 10.1. The fourth-order valence-corrected chi connectivity index (χ4v) is 2.51. The van der Waals surface area contributed by atoms with E-state index in [-0.39, 0.29) is 12.7 Å². The first kappa shape index (κ1) is 19.4. The van der Waals surface area contributed by atoms with Crippen molar-refractivity contribution < 1.29 is 29.0 Å². The van der Waals surface area contributed by atoms with Gasteiger partial charge in [-0.15, -0.1) is 0 Å². The Kier molecular flexibility index (Phi) is 8.57. The predicted octanol–water partition coefficient (Wildman–Crippen LogP) is 0.186. The van der Waals surface area contributed by atoms with E-state index in [0.29, 0.717) is 0 Å². The minimum Gasteiger partial charge on any atom is -0.481 e. The summed E-state index contributed by atoms with van der Waals surface area (Å²) in [5.41, 5.74) is 5.48. The lowest BCUT2D eigenvalue weighted by Crippen LogP contribution is -2.51. The highest BCUT2D eigenvalue weighted by atomic mass is 16.5. The maximum atomic E-state index is 11.9. The van der Waals surface area contributed by atoms with Crippen LogP contribution in [0.4, 0.5) is 0 Å². The SMILES string of the molecule is COC(=O)[C@H](COC1CCCCCC1)NC(=O)[C@@H](N)CC(=O)O. The van der Waals surface area contributed by atoms with Gasteiger partial charge in [-0.3, -0.25) is 9.59 Å². The summed E-state index contributed by atoms with van der Waals surface area (Å²) in [6.45, 7) is -0.0110. The van der Waals surface area contributed by atoms with Gasteiger partial charge in [-0.2, -0.15) is 0 Å². The minimum absolute atomic E-state index is 0.0110. The van der Waals surface area contributed by atoms with E-state index in [0.717, 1.165) is 25.7 Å². The van der Waals surface area contributed by atoms with Crippen molar-refractivity contribution in [1.29, 1.82) is 0 Å². The molecule has 0 bridgehead atoms. The highest BCUT2D eigenvalue weighted by Gasteiger charge is 2.27. The van der Waals surface area contributed by atoms with Crippen LogP contribution < -0.4 is 11.1 Å². The largest absolute Gasteiger partial charge is 0.481 e. The van der Waals surface area contributed by atoms with Crippen molar-refractivity contribution in [3.05, 3.63) is 0 Å². The Morgan fingerprint density at radius 2 is 1.83 bits per heavy atom. The van der Waals surface area contributed by atoms with Gasteiger partial charge in [0.05, 0.1) is 32.3 Å². The molecule has 0 aromatic rings. The number of carboxylic acid groups (broad SMARTS) is 1. The molecule has 1 aliphatic rings. The monoisotopic (exact) mass is 330 g/mol. The number of carboxylic acids is 1. The molecule has 4 N–H and O–H groups in total. The molecule has 0 heterocycles. The fourth-order valence-electron chi connectivity index (χ4n) is 2.51. The second-order valence-electron chi connectivity index (χ2n) is 5.74. The van der Waals surface area contributed by atoms with Crippen LogP contribution >= 0.6 is 0 Å². The molecule has 1 fully saturated rings. The zero-order valence-electron chi connectivity index (χ0n) is 13.5. The molecule has 2 atom stereocenters. The first-order valence-electron chi connectivity index (χ1n) is 7.91. The molecule has 1 saturated carbocycles. The van der Waals surface area contributed by atoms with Gasteiger partial charge in [-0.1, -0.05) is 25.7 Å². The smallest absolute Gasteiger partial charge is 0.330 e. The molecule has 0 spiro atoms. The van der Waals surface area contributed by atoms with Crippen LogP contribution in [0, 0.1) is 0 Å². The summed E-state index contributed by atoms with van der Waals surface area (Å²) in [5, 5.41) is 11.0. The predicted molar refractivity (Wildman–Crippen MR) is 81.6 cm³/mol. The van der Waals surface area contributed by atoms with E-state index in [1.807, 2.05) is 0 Å². The van der Waals surface area contributed by atoms with Crippen molar-refractivity contribution in [2.24, 2.45) is 5.73 Å². The van der Waals surface area contributed by atoms with E-state index in [2.05, 4.69) is 10.1 Å². The Morgan fingerprint density at radius 1 is 1.22 bits per heavy atom. The summed E-state index contributed by atoms with van der Waals surface area (Å²) in [7, 11) is 1.21. The molecule has 0 aliphatic heterocycles. The molecule has 1 amide bonds. The summed E-state index contributed by atoms with van der Waals surface area (Å²) in [5.74, 6) is -2.54. The van der Waals surface area contributed by atoms with Crippen LogP contribution in [0.5, 0.6) is 0 Å². The number of amides is 1. The molecule has 0 radical (unpaired) electrons. The molecule has 1 rings (SSSR count). The summed E-state index contributed by atoms with van der Waals surface area (Å²) in [6, 6.07) is -2.21. The molecule has 0 aromatic heterocycles. The second kappa shape index (κ2) is 10.2. The van der Waals surface area contributed by atoms with Gasteiger partial charge >= 0.3 is 11.9 Å². The van der Waals surface area contributed by atoms with E-state index in [1.165, 1.54) is 20.0 Å². The highest BCUT2D eigenvalue weighted by molar-refractivity contribution is 5.89. The third-order valence-electron chi connectivity index (χ3n) is 3.83. The minimum atomic E-state index is -1.22. The number of rotatable bonds is 8. The van der Waals surface area contributed by atoms with Crippen LogP contribution in [-0.4, -0.2) is 54.9 Å². The van der Waals surface area contributed by atoms with Crippen LogP contribution in [0.2, 0.25) is 0 Å². The Morgan fingerprint density at radius 3 is 2.35 bits per heavy atom. The summed E-state index contributed by atoms with van der Waals surface area (Å²) in [6.07, 6.45) is 5.95. The van der Waals surface area contributed by atoms with Gasteiger partial charge in [0.25, 0.3) is 0 Å². The number of ether oxygens (including phenoxy) is 2. The average molecular weight is 330 g/mol. The van der Waals surface area contributed by atoms with E-state index < -0.39 is 36.4 Å². The highest BCUT2D eigenvalue weighted by Crippen LogP contribution is 2.19. The molecule has 23 heavy (non-hydrogen) atoms. The van der Waals surface area contributed by atoms with Crippen molar-refractivity contribution in [2.75, 3.05) is 13.7 Å². The Hall–Kier alpha value is -1.67. The Balaban J connectivity index is 2.52. The van der Waals surface area contributed by atoms with Crippen LogP contribution in [0.25, 0.3) is 0 Å². The first-order chi connectivity index (χ1) is 10.9. The van der Waals surface area contributed by atoms with Crippen molar-refractivity contribution >= 4 is 17.8 Å². The standard InChI is InChI=1S/C15H26N2O6/c1-22-15(21)12(17-14(20)11(16)8-13(18)19)9-23-10-6-4-2-3-5-7-10/h10-12H,2-9,16H2,1H3,(H,17,20)(H,18,19)/t11-,12-/m0/s1. The molecule has 0 saturated heterocycles. The number of aliphatic carboxylic acids is 1. The number of carbonyl (C=O) groups excluding carboxylic acids is 2. The van der Waals surface area contributed by atoms with Gasteiger partial charge in [0, 0.05) is 0 Å². The summed E-state index contributed by atoms with van der Waals surface area (Å²) < 4.78 is 10.4. The first-order valence-corrected chi connectivity index (χ1v) is 7.91. The van der Waals surface area contributed by atoms with Gasteiger partial charge in [0.2, 0.25) is 5.91 Å². The van der Waals surface area contributed by atoms with Crippen LogP contribution in [0.3, 0.4) is 0 Å². The van der Waals surface area contributed by atoms with Gasteiger partial charge < -0.3 is 25.6 Å². The van der Waals surface area contributed by atoms with Crippen molar-refractivity contribution in [3.8, 4) is 0 Å². The molecule has 0 aromatic carbocycles. The Labute approximate surface area is 135 Å². The third-order valence-corrected chi connectivity index (χ3v) is 3.83. The fraction of sp³-hybridized carbons (Fsp3) is 0.800.